The highest BCUT2D eigenvalue weighted by molar-refractivity contribution is 7.98. The third kappa shape index (κ3) is 4.20. The number of alkyl halides is 3. The number of likely N-dealkylation sites (tertiary alicyclic amines) is 1. The average Bonchev–Trinajstić information content (AvgIpc) is 3.31. The van der Waals surface area contributed by atoms with Crippen molar-refractivity contribution in [1.29, 1.82) is 0 Å². The lowest BCUT2D eigenvalue weighted by Gasteiger charge is -2.47. The van der Waals surface area contributed by atoms with Gasteiger partial charge in [-0.1, -0.05) is 12.1 Å². The van der Waals surface area contributed by atoms with Crippen molar-refractivity contribution in [3.8, 4) is 0 Å². The number of nitrogens with one attached hydrogen (secondary N) is 1. The van der Waals surface area contributed by atoms with E-state index in [-0.39, 0.29) is 22.8 Å². The lowest BCUT2D eigenvalue weighted by Crippen LogP contribution is -2.56. The largest absolute Gasteiger partial charge is 0.435 e. The van der Waals surface area contributed by atoms with Gasteiger partial charge in [0.15, 0.2) is 5.69 Å². The van der Waals surface area contributed by atoms with E-state index < -0.39 is 11.9 Å². The Kier molecular flexibility index (Phi) is 5.57. The second kappa shape index (κ2) is 8.18. The van der Waals surface area contributed by atoms with Gasteiger partial charge in [-0.25, -0.2) is 8.70 Å². The van der Waals surface area contributed by atoms with E-state index in [0.29, 0.717) is 12.1 Å². The van der Waals surface area contributed by atoms with E-state index in [1.807, 2.05) is 19.2 Å². The summed E-state index contributed by atoms with van der Waals surface area (Å²) in [6, 6.07) is 12.0. The van der Waals surface area contributed by atoms with Crippen LogP contribution in [0.4, 0.5) is 23.2 Å². The fraction of sp³-hybridized carbons (Fsp3) is 0.435. The van der Waals surface area contributed by atoms with Crippen molar-refractivity contribution in [2.75, 3.05) is 24.4 Å². The van der Waals surface area contributed by atoms with Gasteiger partial charge in [0.2, 0.25) is 0 Å². The zero-order valence-electron chi connectivity index (χ0n) is 18.4. The van der Waals surface area contributed by atoms with Gasteiger partial charge >= 0.3 is 6.18 Å². The van der Waals surface area contributed by atoms with Crippen molar-refractivity contribution in [2.24, 2.45) is 0 Å². The van der Waals surface area contributed by atoms with E-state index in [1.165, 1.54) is 6.07 Å². The Balaban J connectivity index is 1.35. The normalized spacial score (nSPS) is 24.9. The van der Waals surface area contributed by atoms with Crippen LogP contribution in [0.2, 0.25) is 0 Å². The third-order valence-electron chi connectivity index (χ3n) is 6.66. The summed E-state index contributed by atoms with van der Waals surface area (Å²) in [6.07, 6.45) is -2.73. The van der Waals surface area contributed by atoms with Gasteiger partial charge in [0.05, 0.1) is 16.7 Å². The van der Waals surface area contributed by atoms with Gasteiger partial charge in [-0.3, -0.25) is 14.3 Å². The van der Waals surface area contributed by atoms with Crippen molar-refractivity contribution in [3.63, 3.8) is 0 Å². The molecular weight excluding hydrogens is 454 g/mol. The van der Waals surface area contributed by atoms with Crippen LogP contribution in [0.15, 0.2) is 42.5 Å². The number of fused-ring (bicyclic) bond motifs is 1. The summed E-state index contributed by atoms with van der Waals surface area (Å²) in [5, 5.41) is 6.04. The maximum atomic E-state index is 13.9. The Labute approximate surface area is 194 Å². The molecule has 5 nitrogen and oxygen atoms in total. The molecule has 3 heterocycles. The van der Waals surface area contributed by atoms with Crippen molar-refractivity contribution >= 4 is 28.7 Å². The van der Waals surface area contributed by atoms with Crippen molar-refractivity contribution in [1.82, 2.24) is 19.4 Å². The first kappa shape index (κ1) is 22.5. The number of H-pyrrole nitrogens is 1. The lowest BCUT2D eigenvalue weighted by molar-refractivity contribution is -0.139. The van der Waals surface area contributed by atoms with Gasteiger partial charge < -0.3 is 0 Å². The van der Waals surface area contributed by atoms with Gasteiger partial charge in [-0.15, -0.1) is 0 Å². The molecule has 2 aliphatic heterocycles. The first-order chi connectivity index (χ1) is 15.6. The number of halogens is 4. The number of piperidine rings is 1. The molecule has 2 fully saturated rings. The molecule has 0 unspecified atom stereocenters. The smallest absolute Gasteiger partial charge is 0.296 e. The molecular formula is C23H25F4N5S. The van der Waals surface area contributed by atoms with E-state index in [9.17, 15) is 17.6 Å². The maximum Gasteiger partial charge on any atom is 0.435 e. The quantitative estimate of drug-likeness (QED) is 0.399. The van der Waals surface area contributed by atoms with E-state index in [1.54, 1.807) is 36.4 Å². The number of aromatic nitrogens is 2. The molecule has 3 aromatic rings. The molecule has 176 valence electrons. The molecule has 0 radical (unpaired) electrons. The molecule has 10 heteroatoms. The first-order valence-electron chi connectivity index (χ1n) is 10.9. The van der Waals surface area contributed by atoms with Crippen molar-refractivity contribution in [2.45, 2.75) is 44.1 Å². The molecule has 1 spiro atoms. The highest BCUT2D eigenvalue weighted by Crippen LogP contribution is 2.47. The molecule has 33 heavy (non-hydrogen) atoms. The fourth-order valence-corrected chi connectivity index (χ4v) is 6.36. The number of likely N-dealkylation sites (N-methyl/N-ethyl adjacent to an activating group) is 1. The predicted octanol–water partition coefficient (Wildman–Crippen LogP) is 5.46. The predicted molar refractivity (Wildman–Crippen MR) is 122 cm³/mol. The Hall–Kier alpha value is -2.30. The van der Waals surface area contributed by atoms with Crippen LogP contribution in [0.1, 0.15) is 31.0 Å². The lowest BCUT2D eigenvalue weighted by atomic mass is 9.82. The van der Waals surface area contributed by atoms with Crippen molar-refractivity contribution in [3.05, 3.63) is 59.5 Å². The minimum Gasteiger partial charge on any atom is -0.296 e. The zero-order chi connectivity index (χ0) is 23.4. The summed E-state index contributed by atoms with van der Waals surface area (Å²) >= 11 is 1.61. The van der Waals surface area contributed by atoms with Crippen LogP contribution >= 0.6 is 12.1 Å². The van der Waals surface area contributed by atoms with E-state index >= 15 is 0 Å². The van der Waals surface area contributed by atoms with Gasteiger partial charge in [0.1, 0.15) is 5.82 Å². The van der Waals surface area contributed by atoms with E-state index in [4.69, 9.17) is 0 Å². The van der Waals surface area contributed by atoms with Crippen LogP contribution in [0.3, 0.4) is 0 Å². The summed E-state index contributed by atoms with van der Waals surface area (Å²) in [5.74, 6) is -0.254. The number of hydrogen-bond acceptors (Lipinski definition) is 5. The number of anilines is 1. The molecule has 2 atom stereocenters. The summed E-state index contributed by atoms with van der Waals surface area (Å²) in [4.78, 5) is 2.31. The Bertz CT molecular complexity index is 1170. The van der Waals surface area contributed by atoms with Gasteiger partial charge in [0, 0.05) is 43.2 Å². The zero-order valence-corrected chi connectivity index (χ0v) is 19.2. The summed E-state index contributed by atoms with van der Waals surface area (Å²) in [6.45, 7) is 4.39. The average molecular weight is 480 g/mol. The van der Waals surface area contributed by atoms with Gasteiger partial charge in [-0.05, 0) is 62.7 Å². The van der Waals surface area contributed by atoms with Crippen molar-refractivity contribution < 1.29 is 17.6 Å². The molecule has 2 aromatic carbocycles. The molecule has 1 aromatic heterocycles. The summed E-state index contributed by atoms with van der Waals surface area (Å²) in [5.41, 5.74) is 1.07. The molecule has 0 bridgehead atoms. The molecule has 0 saturated carbocycles. The van der Waals surface area contributed by atoms with Crippen LogP contribution in [-0.4, -0.2) is 51.1 Å². The van der Waals surface area contributed by atoms with Crippen LogP contribution in [0.5, 0.6) is 0 Å². The maximum absolute atomic E-state index is 13.9. The second-order valence-electron chi connectivity index (χ2n) is 9.09. The molecule has 2 saturated heterocycles. The Morgan fingerprint density at radius 3 is 2.76 bits per heavy atom. The number of hydrogen-bond donors (Lipinski definition) is 1. The van der Waals surface area contributed by atoms with E-state index in [2.05, 4.69) is 30.6 Å². The molecule has 2 aliphatic rings. The molecule has 0 aliphatic carbocycles. The van der Waals surface area contributed by atoms with Crippen LogP contribution < -0.4 is 4.31 Å². The Morgan fingerprint density at radius 2 is 2.03 bits per heavy atom. The minimum absolute atomic E-state index is 0.104. The number of aromatic amines is 1. The topological polar surface area (TPSA) is 38.4 Å². The third-order valence-corrected chi connectivity index (χ3v) is 7.83. The van der Waals surface area contributed by atoms with E-state index in [0.717, 1.165) is 37.2 Å². The molecule has 0 amide bonds. The Morgan fingerprint density at radius 1 is 1.21 bits per heavy atom. The van der Waals surface area contributed by atoms with Gasteiger partial charge in [-0.2, -0.15) is 18.3 Å². The molecule has 1 N–H and O–H groups in total. The van der Waals surface area contributed by atoms with Gasteiger partial charge in [0.25, 0.3) is 0 Å². The highest BCUT2D eigenvalue weighted by Gasteiger charge is 2.49. The number of benzene rings is 2. The minimum atomic E-state index is -4.49. The number of rotatable bonds is 3. The van der Waals surface area contributed by atoms with Crippen LogP contribution in [0.25, 0.3) is 10.9 Å². The standard InChI is InChI=1S/C23H25F4N5S/c1-15-12-22(14-30(2)33-32(22)18-5-3-4-17(24)11-18)8-9-31(15)13-16-6-7-20-19(10-16)21(29-28-20)23(25,26)27/h3-7,10-11,15H,8-9,12-14H2,1-2H3,(H,28,29)/t15-,22+/m0/s1. The number of nitrogens with zero attached hydrogens (tertiary/aromatic N) is 4. The van der Waals surface area contributed by atoms with Crippen LogP contribution in [0, 0.1) is 5.82 Å². The summed E-state index contributed by atoms with van der Waals surface area (Å²) in [7, 11) is 2.04. The SMILES string of the molecule is C[C@H]1C[C@]2(CCN1Cc1ccc3[nH]nc(C(F)(F)F)c3c1)CN(C)SN2c1cccc(F)c1. The fourth-order valence-electron chi connectivity index (χ4n) is 5.18. The molecule has 5 rings (SSSR count). The highest BCUT2D eigenvalue weighted by atomic mass is 32.2. The second-order valence-corrected chi connectivity index (χ2v) is 10.2. The monoisotopic (exact) mass is 479 g/mol. The summed E-state index contributed by atoms with van der Waals surface area (Å²) < 4.78 is 58.2. The first-order valence-corrected chi connectivity index (χ1v) is 11.6. The van der Waals surface area contributed by atoms with Crippen LogP contribution in [-0.2, 0) is 12.7 Å².